The summed E-state index contributed by atoms with van der Waals surface area (Å²) in [5.41, 5.74) is 0. The molecule has 2 heteroatoms. The Kier molecular flexibility index (Phi) is 2.11. The summed E-state index contributed by atoms with van der Waals surface area (Å²) in [6, 6.07) is -0.753. The van der Waals surface area contributed by atoms with E-state index in [1.807, 2.05) is 0 Å². The molecular weight excluding hydrogens is 135 g/mol. The van der Waals surface area contributed by atoms with Gasteiger partial charge < -0.3 is 0 Å². The highest BCUT2D eigenvalue weighted by Crippen LogP contribution is 2.46. The van der Waals surface area contributed by atoms with Crippen molar-refractivity contribution in [1.82, 2.24) is 0 Å². The largest absolute Gasteiger partial charge is 0.0978 e. The quantitative estimate of drug-likeness (QED) is 0.475. The molecular formula is C6H13PS. The first kappa shape index (κ1) is 6.77. The fourth-order valence-corrected chi connectivity index (χ4v) is 3.96. The SMILES string of the molecule is CP1(=S)CCCCC1. The molecule has 0 saturated carbocycles. The Bertz CT molecular complexity index is 110. The van der Waals surface area contributed by atoms with Gasteiger partial charge in [-0.1, -0.05) is 18.2 Å². The third-order valence-electron chi connectivity index (χ3n) is 1.76. The maximum Gasteiger partial charge on any atom is -0.0237 e. The molecule has 0 unspecified atom stereocenters. The van der Waals surface area contributed by atoms with Crippen LogP contribution in [0.15, 0.2) is 0 Å². The molecule has 1 aliphatic rings. The van der Waals surface area contributed by atoms with E-state index in [0.717, 1.165) is 0 Å². The smallest absolute Gasteiger partial charge is 0.0237 e. The molecule has 0 aromatic carbocycles. The Morgan fingerprint density at radius 3 is 1.88 bits per heavy atom. The molecule has 0 amide bonds. The summed E-state index contributed by atoms with van der Waals surface area (Å²) < 4.78 is 0. The molecule has 1 saturated heterocycles. The second kappa shape index (κ2) is 2.49. The van der Waals surface area contributed by atoms with Gasteiger partial charge in [-0.2, -0.15) is 0 Å². The monoisotopic (exact) mass is 148 g/mol. The molecule has 1 heterocycles. The molecule has 1 fully saturated rings. The van der Waals surface area contributed by atoms with Crippen LogP contribution in [-0.4, -0.2) is 19.0 Å². The lowest BCUT2D eigenvalue weighted by atomic mass is 10.3. The fourth-order valence-electron chi connectivity index (χ4n) is 1.18. The van der Waals surface area contributed by atoms with E-state index in [-0.39, 0.29) is 0 Å². The van der Waals surface area contributed by atoms with Crippen LogP contribution in [0.2, 0.25) is 0 Å². The molecule has 1 aliphatic heterocycles. The van der Waals surface area contributed by atoms with Gasteiger partial charge in [0, 0.05) is 0 Å². The van der Waals surface area contributed by atoms with Gasteiger partial charge in [0.05, 0.1) is 0 Å². The second-order valence-electron chi connectivity index (χ2n) is 2.80. The van der Waals surface area contributed by atoms with Crippen molar-refractivity contribution in [3.8, 4) is 0 Å². The normalized spacial score (nSPS) is 27.6. The zero-order valence-corrected chi connectivity index (χ0v) is 7.10. The van der Waals surface area contributed by atoms with Crippen LogP contribution in [0.25, 0.3) is 0 Å². The number of hydrogen-bond donors (Lipinski definition) is 0. The van der Waals surface area contributed by atoms with E-state index < -0.39 is 6.04 Å². The standard InChI is InChI=1S/C6H13PS/c1-7(8)5-3-2-4-6-7/h2-6H2,1H3. The highest BCUT2D eigenvalue weighted by molar-refractivity contribution is 8.14. The van der Waals surface area contributed by atoms with Crippen LogP contribution in [0, 0.1) is 0 Å². The number of hydrogen-bond acceptors (Lipinski definition) is 1. The van der Waals surface area contributed by atoms with Crippen LogP contribution < -0.4 is 0 Å². The van der Waals surface area contributed by atoms with Gasteiger partial charge in [-0.25, -0.2) is 0 Å². The molecule has 0 N–H and O–H groups in total. The highest BCUT2D eigenvalue weighted by atomic mass is 32.4. The van der Waals surface area contributed by atoms with Crippen molar-refractivity contribution >= 4 is 17.8 Å². The molecule has 0 aromatic rings. The Morgan fingerprint density at radius 2 is 1.62 bits per heavy atom. The summed E-state index contributed by atoms with van der Waals surface area (Å²) in [4.78, 5) is 0. The maximum absolute atomic E-state index is 5.41. The zero-order valence-electron chi connectivity index (χ0n) is 5.39. The van der Waals surface area contributed by atoms with E-state index in [1.165, 1.54) is 31.6 Å². The van der Waals surface area contributed by atoms with E-state index in [9.17, 15) is 0 Å². The van der Waals surface area contributed by atoms with Gasteiger partial charge in [0.1, 0.15) is 0 Å². The molecule has 8 heavy (non-hydrogen) atoms. The topological polar surface area (TPSA) is 0 Å². The van der Waals surface area contributed by atoms with Gasteiger partial charge in [-0.15, -0.1) is 0 Å². The first-order valence-corrected chi connectivity index (χ1v) is 6.88. The van der Waals surface area contributed by atoms with Gasteiger partial charge in [-0.05, 0) is 37.9 Å². The maximum atomic E-state index is 5.41. The predicted molar refractivity (Wildman–Crippen MR) is 43.8 cm³/mol. The Labute approximate surface area is 56.7 Å². The molecule has 0 aromatic heterocycles. The Balaban J connectivity index is 2.45. The van der Waals surface area contributed by atoms with Gasteiger partial charge in [0.15, 0.2) is 0 Å². The summed E-state index contributed by atoms with van der Waals surface area (Å²) in [6.45, 7) is 2.31. The lowest BCUT2D eigenvalue weighted by Crippen LogP contribution is -2.00. The van der Waals surface area contributed by atoms with E-state index in [2.05, 4.69) is 6.66 Å². The average Bonchev–Trinajstić information content (AvgIpc) is 1.65. The van der Waals surface area contributed by atoms with Crippen LogP contribution in [0.1, 0.15) is 19.3 Å². The summed E-state index contributed by atoms with van der Waals surface area (Å²) >= 11 is 5.41. The van der Waals surface area contributed by atoms with Crippen LogP contribution in [0.3, 0.4) is 0 Å². The Morgan fingerprint density at radius 1 is 1.12 bits per heavy atom. The minimum absolute atomic E-state index is 0.753. The van der Waals surface area contributed by atoms with Gasteiger partial charge in [-0.3, -0.25) is 0 Å². The summed E-state index contributed by atoms with van der Waals surface area (Å²) in [5.74, 6) is 0. The molecule has 0 radical (unpaired) electrons. The van der Waals surface area contributed by atoms with Crippen molar-refractivity contribution in [2.24, 2.45) is 0 Å². The molecule has 0 nitrogen and oxygen atoms in total. The fraction of sp³-hybridized carbons (Fsp3) is 1.00. The number of rotatable bonds is 0. The predicted octanol–water partition coefficient (Wildman–Crippen LogP) is 2.28. The minimum atomic E-state index is -0.753. The zero-order chi connectivity index (χ0) is 6.04. The van der Waals surface area contributed by atoms with Crippen molar-refractivity contribution in [1.29, 1.82) is 0 Å². The summed E-state index contributed by atoms with van der Waals surface area (Å²) in [5, 5.41) is 0. The molecule has 0 bridgehead atoms. The van der Waals surface area contributed by atoms with Gasteiger partial charge in [0.2, 0.25) is 0 Å². The van der Waals surface area contributed by atoms with Crippen LogP contribution in [-0.2, 0) is 11.8 Å². The first-order chi connectivity index (χ1) is 3.71. The van der Waals surface area contributed by atoms with Crippen molar-refractivity contribution < 1.29 is 0 Å². The van der Waals surface area contributed by atoms with Gasteiger partial charge >= 0.3 is 0 Å². The van der Waals surface area contributed by atoms with Crippen molar-refractivity contribution in [3.05, 3.63) is 0 Å². The second-order valence-corrected chi connectivity index (χ2v) is 8.94. The minimum Gasteiger partial charge on any atom is -0.0978 e. The molecule has 48 valence electrons. The summed E-state index contributed by atoms with van der Waals surface area (Å²) in [7, 11) is 0. The Hall–Kier alpha value is 0.650. The van der Waals surface area contributed by atoms with E-state index in [4.69, 9.17) is 11.8 Å². The van der Waals surface area contributed by atoms with Crippen LogP contribution in [0.4, 0.5) is 0 Å². The molecule has 0 atom stereocenters. The van der Waals surface area contributed by atoms with E-state index in [1.54, 1.807) is 0 Å². The molecule has 0 aliphatic carbocycles. The van der Waals surface area contributed by atoms with Crippen LogP contribution >= 0.6 is 6.04 Å². The first-order valence-electron chi connectivity index (χ1n) is 3.26. The highest BCUT2D eigenvalue weighted by Gasteiger charge is 2.13. The lowest BCUT2D eigenvalue weighted by molar-refractivity contribution is 0.753. The molecule has 1 rings (SSSR count). The van der Waals surface area contributed by atoms with Crippen LogP contribution in [0.5, 0.6) is 0 Å². The third kappa shape index (κ3) is 1.87. The van der Waals surface area contributed by atoms with Crippen molar-refractivity contribution in [2.45, 2.75) is 19.3 Å². The van der Waals surface area contributed by atoms with Crippen molar-refractivity contribution in [2.75, 3.05) is 19.0 Å². The average molecular weight is 148 g/mol. The summed E-state index contributed by atoms with van der Waals surface area (Å²) in [6.07, 6.45) is 7.01. The van der Waals surface area contributed by atoms with E-state index in [0.29, 0.717) is 0 Å². The van der Waals surface area contributed by atoms with E-state index >= 15 is 0 Å². The third-order valence-corrected chi connectivity index (χ3v) is 5.38. The van der Waals surface area contributed by atoms with Crippen molar-refractivity contribution in [3.63, 3.8) is 0 Å². The lowest BCUT2D eigenvalue weighted by Gasteiger charge is -2.20. The van der Waals surface area contributed by atoms with Gasteiger partial charge in [0.25, 0.3) is 0 Å². The molecule has 0 spiro atoms.